The molecule has 0 aliphatic heterocycles. The van der Waals surface area contributed by atoms with Crippen molar-refractivity contribution in [3.63, 3.8) is 0 Å². The van der Waals surface area contributed by atoms with Crippen LogP contribution in [0.2, 0.25) is 0 Å². The lowest BCUT2D eigenvalue weighted by atomic mass is 10.3. The quantitative estimate of drug-likeness (QED) is 0.845. The summed E-state index contributed by atoms with van der Waals surface area (Å²) in [6, 6.07) is 15.0. The highest BCUT2D eigenvalue weighted by atomic mass is 32.2. The third-order valence-electron chi connectivity index (χ3n) is 3.30. The third kappa shape index (κ3) is 4.23. The van der Waals surface area contributed by atoms with Gasteiger partial charge in [0.15, 0.2) is 0 Å². The normalized spacial score (nSPS) is 10.8. The summed E-state index contributed by atoms with van der Waals surface area (Å²) >= 11 is 0. The maximum atomic E-state index is 12.7. The second-order valence-corrected chi connectivity index (χ2v) is 7.52. The van der Waals surface area contributed by atoms with Crippen LogP contribution >= 0.6 is 0 Å². The molecule has 0 aliphatic carbocycles. The maximum absolute atomic E-state index is 12.7. The Morgan fingerprint density at radius 2 is 1.71 bits per heavy atom. The fraction of sp³-hybridized carbons (Fsp3) is 0.167. The van der Waals surface area contributed by atoms with E-state index in [1.807, 2.05) is 19.9 Å². The van der Waals surface area contributed by atoms with E-state index in [1.54, 1.807) is 36.4 Å². The Balaban J connectivity index is 2.30. The zero-order chi connectivity index (χ0) is 17.7. The predicted octanol–water partition coefficient (Wildman–Crippen LogP) is 3.42. The lowest BCUT2D eigenvalue weighted by Crippen LogP contribution is -2.26. The van der Waals surface area contributed by atoms with E-state index in [2.05, 4.69) is 5.32 Å². The van der Waals surface area contributed by atoms with Gasteiger partial charge in [0.25, 0.3) is 10.0 Å². The average molecular weight is 344 g/mol. The number of para-hydroxylation sites is 1. The van der Waals surface area contributed by atoms with E-state index in [0.717, 1.165) is 5.57 Å². The van der Waals surface area contributed by atoms with Gasteiger partial charge in [-0.25, -0.2) is 8.42 Å². The summed E-state index contributed by atoms with van der Waals surface area (Å²) in [6.07, 6.45) is 1.46. The molecule has 2 aromatic carbocycles. The predicted molar refractivity (Wildman–Crippen MR) is 96.5 cm³/mol. The molecule has 0 aromatic heterocycles. The molecule has 24 heavy (non-hydrogen) atoms. The minimum absolute atomic E-state index is 0.115. The second-order valence-electron chi connectivity index (χ2n) is 5.55. The number of carbonyl (C=O) groups excluding carboxylic acids is 1. The fourth-order valence-electron chi connectivity index (χ4n) is 2.11. The van der Waals surface area contributed by atoms with Gasteiger partial charge < -0.3 is 5.32 Å². The molecule has 0 atom stereocenters. The van der Waals surface area contributed by atoms with Crippen LogP contribution in [0.1, 0.15) is 13.8 Å². The van der Waals surface area contributed by atoms with Crippen molar-refractivity contribution in [2.75, 3.05) is 16.7 Å². The van der Waals surface area contributed by atoms with Crippen molar-refractivity contribution in [3.05, 3.63) is 66.2 Å². The molecular weight excluding hydrogens is 324 g/mol. The highest BCUT2D eigenvalue weighted by Gasteiger charge is 2.21. The molecule has 0 unspecified atom stereocenters. The number of allylic oxidation sites excluding steroid dienone is 1. The molecule has 0 spiro atoms. The molecule has 0 saturated heterocycles. The summed E-state index contributed by atoms with van der Waals surface area (Å²) < 4.78 is 26.7. The summed E-state index contributed by atoms with van der Waals surface area (Å²) in [4.78, 5) is 11.9. The molecule has 2 rings (SSSR count). The molecular formula is C18H20N2O3S. The second kappa shape index (κ2) is 7.31. The van der Waals surface area contributed by atoms with Gasteiger partial charge in [0.05, 0.1) is 10.6 Å². The van der Waals surface area contributed by atoms with Crippen molar-refractivity contribution >= 4 is 27.3 Å². The van der Waals surface area contributed by atoms with Crippen molar-refractivity contribution in [3.8, 4) is 0 Å². The van der Waals surface area contributed by atoms with Crippen molar-refractivity contribution in [1.29, 1.82) is 0 Å². The molecule has 0 radical (unpaired) electrons. The summed E-state index contributed by atoms with van der Waals surface area (Å²) in [7, 11) is -2.21. The van der Waals surface area contributed by atoms with Crippen molar-refractivity contribution < 1.29 is 13.2 Å². The standard InChI is InChI=1S/C18H20N2O3S/c1-14(2)12-18(21)19-15-8-7-11-17(13-15)24(22,23)20(3)16-9-5-4-6-10-16/h4-13H,1-3H3,(H,19,21). The number of hydrogen-bond acceptors (Lipinski definition) is 3. The number of benzene rings is 2. The first-order valence-corrected chi connectivity index (χ1v) is 8.84. The van der Waals surface area contributed by atoms with Crippen LogP contribution in [0.15, 0.2) is 71.1 Å². The largest absolute Gasteiger partial charge is 0.322 e. The van der Waals surface area contributed by atoms with E-state index in [0.29, 0.717) is 11.4 Å². The third-order valence-corrected chi connectivity index (χ3v) is 5.08. The summed E-state index contributed by atoms with van der Waals surface area (Å²) in [6.45, 7) is 3.63. The highest BCUT2D eigenvalue weighted by molar-refractivity contribution is 7.92. The number of sulfonamides is 1. The van der Waals surface area contributed by atoms with Gasteiger partial charge in [-0.3, -0.25) is 9.10 Å². The van der Waals surface area contributed by atoms with Gasteiger partial charge in [-0.05, 0) is 44.2 Å². The van der Waals surface area contributed by atoms with Crippen molar-refractivity contribution in [2.45, 2.75) is 18.7 Å². The van der Waals surface area contributed by atoms with Crippen LogP contribution in [-0.4, -0.2) is 21.4 Å². The molecule has 1 amide bonds. The minimum atomic E-state index is -3.71. The molecule has 126 valence electrons. The van der Waals surface area contributed by atoms with Crippen LogP contribution in [0.25, 0.3) is 0 Å². The first kappa shape index (κ1) is 17.7. The van der Waals surface area contributed by atoms with E-state index in [4.69, 9.17) is 0 Å². The smallest absolute Gasteiger partial charge is 0.264 e. The number of rotatable bonds is 5. The maximum Gasteiger partial charge on any atom is 0.264 e. The van der Waals surface area contributed by atoms with Crippen LogP contribution in [0.5, 0.6) is 0 Å². The van der Waals surface area contributed by atoms with Gasteiger partial charge in [-0.15, -0.1) is 0 Å². The van der Waals surface area contributed by atoms with Gasteiger partial charge >= 0.3 is 0 Å². The van der Waals surface area contributed by atoms with Crippen molar-refractivity contribution in [2.24, 2.45) is 0 Å². The SMILES string of the molecule is CC(C)=CC(=O)Nc1cccc(S(=O)(=O)N(C)c2ccccc2)c1. The minimum Gasteiger partial charge on any atom is -0.322 e. The molecule has 0 fully saturated rings. The van der Waals surface area contributed by atoms with Gasteiger partial charge in [0, 0.05) is 18.8 Å². The van der Waals surface area contributed by atoms with Crippen LogP contribution in [0.3, 0.4) is 0 Å². The van der Waals surface area contributed by atoms with Crippen LogP contribution in [-0.2, 0) is 14.8 Å². The van der Waals surface area contributed by atoms with Crippen LogP contribution in [0.4, 0.5) is 11.4 Å². The lowest BCUT2D eigenvalue weighted by Gasteiger charge is -2.19. The van der Waals surface area contributed by atoms with Gasteiger partial charge in [-0.2, -0.15) is 0 Å². The zero-order valence-corrected chi connectivity index (χ0v) is 14.7. The number of nitrogens with zero attached hydrogens (tertiary/aromatic N) is 1. The Morgan fingerprint density at radius 3 is 2.33 bits per heavy atom. The topological polar surface area (TPSA) is 66.5 Å². The molecule has 1 N–H and O–H groups in total. The van der Waals surface area contributed by atoms with Crippen molar-refractivity contribution in [1.82, 2.24) is 0 Å². The van der Waals surface area contributed by atoms with Gasteiger partial charge in [0.1, 0.15) is 0 Å². The molecule has 6 heteroatoms. The number of nitrogens with one attached hydrogen (secondary N) is 1. The molecule has 0 saturated carbocycles. The highest BCUT2D eigenvalue weighted by Crippen LogP contribution is 2.23. The average Bonchev–Trinajstić information content (AvgIpc) is 2.54. The number of amides is 1. The lowest BCUT2D eigenvalue weighted by molar-refractivity contribution is -0.111. The first-order valence-electron chi connectivity index (χ1n) is 7.40. The van der Waals surface area contributed by atoms with Crippen LogP contribution in [0, 0.1) is 0 Å². The number of anilines is 2. The first-order chi connectivity index (χ1) is 11.3. The monoisotopic (exact) mass is 344 g/mol. The molecule has 2 aromatic rings. The molecule has 0 heterocycles. The zero-order valence-electron chi connectivity index (χ0n) is 13.9. The Hall–Kier alpha value is -2.60. The Bertz CT molecular complexity index is 855. The summed E-state index contributed by atoms with van der Waals surface area (Å²) in [5, 5.41) is 2.67. The fourth-order valence-corrected chi connectivity index (χ4v) is 3.35. The Labute approximate surface area is 142 Å². The molecule has 0 bridgehead atoms. The summed E-state index contributed by atoms with van der Waals surface area (Å²) in [5.41, 5.74) is 1.86. The Morgan fingerprint density at radius 1 is 1.04 bits per heavy atom. The van der Waals surface area contributed by atoms with Gasteiger partial charge in [0.2, 0.25) is 5.91 Å². The van der Waals surface area contributed by atoms with E-state index in [9.17, 15) is 13.2 Å². The van der Waals surface area contributed by atoms with Gasteiger partial charge in [-0.1, -0.05) is 29.8 Å². The molecule has 5 nitrogen and oxygen atoms in total. The molecule has 0 aliphatic rings. The van der Waals surface area contributed by atoms with E-state index in [1.165, 1.54) is 29.6 Å². The number of carbonyl (C=O) groups is 1. The Kier molecular flexibility index (Phi) is 5.41. The van der Waals surface area contributed by atoms with E-state index >= 15 is 0 Å². The van der Waals surface area contributed by atoms with E-state index < -0.39 is 10.0 Å². The summed E-state index contributed by atoms with van der Waals surface area (Å²) in [5.74, 6) is -0.291. The van der Waals surface area contributed by atoms with Crippen LogP contribution < -0.4 is 9.62 Å². The number of hydrogen-bond donors (Lipinski definition) is 1. The van der Waals surface area contributed by atoms with E-state index in [-0.39, 0.29) is 10.8 Å².